The van der Waals surface area contributed by atoms with Gasteiger partial charge in [0.05, 0.1) is 13.3 Å². The molecule has 0 amide bonds. The highest BCUT2D eigenvalue weighted by Gasteiger charge is 2.09. The van der Waals surface area contributed by atoms with Gasteiger partial charge in [-0.3, -0.25) is 4.40 Å². The smallest absolute Gasteiger partial charge is 0.161 e. The van der Waals surface area contributed by atoms with E-state index in [0.717, 1.165) is 17.2 Å². The van der Waals surface area contributed by atoms with Crippen molar-refractivity contribution in [2.75, 3.05) is 7.11 Å². The van der Waals surface area contributed by atoms with Crippen molar-refractivity contribution in [1.29, 1.82) is 0 Å². The molecule has 0 aromatic carbocycles. The standard InChI is InChI=1S/C10H13N3O/c1-7(2)10-12-11-9-5-4-8(14-3)6-13(9)10/h4-7H,1-3H3. The van der Waals surface area contributed by atoms with Gasteiger partial charge in [-0.1, -0.05) is 13.8 Å². The lowest BCUT2D eigenvalue weighted by molar-refractivity contribution is 0.412. The maximum atomic E-state index is 5.15. The summed E-state index contributed by atoms with van der Waals surface area (Å²) in [5, 5.41) is 8.20. The molecule has 74 valence electrons. The molecule has 0 aliphatic heterocycles. The van der Waals surface area contributed by atoms with Gasteiger partial charge in [-0.15, -0.1) is 10.2 Å². The molecular formula is C10H13N3O. The Morgan fingerprint density at radius 2 is 2.07 bits per heavy atom. The third-order valence-corrected chi connectivity index (χ3v) is 2.15. The summed E-state index contributed by atoms with van der Waals surface area (Å²) < 4.78 is 7.11. The first kappa shape index (κ1) is 8.99. The molecule has 0 spiro atoms. The Morgan fingerprint density at radius 1 is 1.29 bits per heavy atom. The molecule has 0 aliphatic carbocycles. The monoisotopic (exact) mass is 191 g/mol. The molecule has 2 heterocycles. The number of nitrogens with zero attached hydrogens (tertiary/aromatic N) is 3. The van der Waals surface area contributed by atoms with E-state index >= 15 is 0 Å². The lowest BCUT2D eigenvalue weighted by Gasteiger charge is -2.04. The van der Waals surface area contributed by atoms with E-state index in [-0.39, 0.29) is 0 Å². The first-order valence-electron chi connectivity index (χ1n) is 4.61. The van der Waals surface area contributed by atoms with Gasteiger partial charge >= 0.3 is 0 Å². The third-order valence-electron chi connectivity index (χ3n) is 2.15. The van der Waals surface area contributed by atoms with Crippen molar-refractivity contribution in [3.8, 4) is 5.75 Å². The lowest BCUT2D eigenvalue weighted by Crippen LogP contribution is -1.97. The molecule has 2 rings (SSSR count). The molecule has 0 aliphatic rings. The molecule has 0 saturated carbocycles. The van der Waals surface area contributed by atoms with Crippen LogP contribution in [-0.4, -0.2) is 21.7 Å². The van der Waals surface area contributed by atoms with Crippen molar-refractivity contribution < 1.29 is 4.74 Å². The number of hydrogen-bond donors (Lipinski definition) is 0. The van der Waals surface area contributed by atoms with E-state index in [1.54, 1.807) is 7.11 Å². The average Bonchev–Trinajstić information content (AvgIpc) is 2.59. The minimum atomic E-state index is 0.358. The van der Waals surface area contributed by atoms with Crippen molar-refractivity contribution in [1.82, 2.24) is 14.6 Å². The Morgan fingerprint density at radius 3 is 2.71 bits per heavy atom. The van der Waals surface area contributed by atoms with Crippen molar-refractivity contribution in [3.05, 3.63) is 24.2 Å². The summed E-state index contributed by atoms with van der Waals surface area (Å²) in [5.41, 5.74) is 0.856. The van der Waals surface area contributed by atoms with E-state index < -0.39 is 0 Å². The molecule has 2 aromatic rings. The summed E-state index contributed by atoms with van der Waals surface area (Å²) in [7, 11) is 1.65. The molecule has 2 aromatic heterocycles. The summed E-state index contributed by atoms with van der Waals surface area (Å²) >= 11 is 0. The lowest BCUT2D eigenvalue weighted by atomic mass is 10.2. The Hall–Kier alpha value is -1.58. The Bertz CT molecular complexity index is 448. The normalized spacial score (nSPS) is 11.1. The number of fused-ring (bicyclic) bond motifs is 1. The van der Waals surface area contributed by atoms with E-state index in [1.165, 1.54) is 0 Å². The quantitative estimate of drug-likeness (QED) is 0.727. The van der Waals surface area contributed by atoms with E-state index in [4.69, 9.17) is 4.74 Å². The van der Waals surface area contributed by atoms with Crippen LogP contribution in [0.3, 0.4) is 0 Å². The predicted octanol–water partition coefficient (Wildman–Crippen LogP) is 1.86. The fraction of sp³-hybridized carbons (Fsp3) is 0.400. The highest BCUT2D eigenvalue weighted by molar-refractivity contribution is 5.41. The second kappa shape index (κ2) is 3.29. The number of pyridine rings is 1. The van der Waals surface area contributed by atoms with E-state index in [0.29, 0.717) is 5.92 Å². The first-order chi connectivity index (χ1) is 6.72. The molecule has 0 fully saturated rings. The van der Waals surface area contributed by atoms with Crippen LogP contribution in [0.1, 0.15) is 25.6 Å². The van der Waals surface area contributed by atoms with Gasteiger partial charge < -0.3 is 4.74 Å². The van der Waals surface area contributed by atoms with Gasteiger partial charge in [0.1, 0.15) is 11.6 Å². The zero-order valence-electron chi connectivity index (χ0n) is 8.56. The van der Waals surface area contributed by atoms with Crippen molar-refractivity contribution in [3.63, 3.8) is 0 Å². The highest BCUT2D eigenvalue weighted by atomic mass is 16.5. The number of rotatable bonds is 2. The van der Waals surface area contributed by atoms with Crippen molar-refractivity contribution in [2.45, 2.75) is 19.8 Å². The zero-order chi connectivity index (χ0) is 10.1. The van der Waals surface area contributed by atoms with Crippen LogP contribution in [0.25, 0.3) is 5.65 Å². The summed E-state index contributed by atoms with van der Waals surface area (Å²) in [6.07, 6.45) is 1.91. The van der Waals surface area contributed by atoms with Crippen LogP contribution < -0.4 is 4.74 Å². The van der Waals surface area contributed by atoms with E-state index in [2.05, 4.69) is 24.0 Å². The first-order valence-corrected chi connectivity index (χ1v) is 4.61. The molecule has 4 heteroatoms. The summed E-state index contributed by atoms with van der Waals surface area (Å²) in [6, 6.07) is 3.78. The Balaban J connectivity index is 2.63. The van der Waals surface area contributed by atoms with Gasteiger partial charge in [0.2, 0.25) is 0 Å². The maximum Gasteiger partial charge on any atom is 0.161 e. The number of methoxy groups -OCH3 is 1. The third kappa shape index (κ3) is 1.32. The fourth-order valence-corrected chi connectivity index (χ4v) is 1.40. The van der Waals surface area contributed by atoms with Crippen LogP contribution in [0.15, 0.2) is 18.3 Å². The van der Waals surface area contributed by atoms with Gasteiger partial charge in [0.15, 0.2) is 5.65 Å². The zero-order valence-corrected chi connectivity index (χ0v) is 8.56. The molecule has 0 atom stereocenters. The predicted molar refractivity (Wildman–Crippen MR) is 53.6 cm³/mol. The van der Waals surface area contributed by atoms with Crippen LogP contribution in [0.5, 0.6) is 5.75 Å². The van der Waals surface area contributed by atoms with E-state index in [9.17, 15) is 0 Å². The van der Waals surface area contributed by atoms with Crippen LogP contribution in [0, 0.1) is 0 Å². The maximum absolute atomic E-state index is 5.15. The summed E-state index contributed by atoms with van der Waals surface area (Å²) in [6.45, 7) is 4.19. The largest absolute Gasteiger partial charge is 0.495 e. The second-order valence-corrected chi connectivity index (χ2v) is 3.51. The summed E-state index contributed by atoms with van der Waals surface area (Å²) in [5.74, 6) is 2.13. The molecule has 4 nitrogen and oxygen atoms in total. The van der Waals surface area contributed by atoms with Gasteiger partial charge in [0, 0.05) is 5.92 Å². The van der Waals surface area contributed by atoms with E-state index in [1.807, 2.05) is 22.7 Å². The molecule has 0 radical (unpaired) electrons. The van der Waals surface area contributed by atoms with Gasteiger partial charge in [-0.05, 0) is 12.1 Å². The Labute approximate surface area is 82.5 Å². The van der Waals surface area contributed by atoms with Crippen LogP contribution >= 0.6 is 0 Å². The highest BCUT2D eigenvalue weighted by Crippen LogP contribution is 2.17. The topological polar surface area (TPSA) is 39.4 Å². The minimum Gasteiger partial charge on any atom is -0.495 e. The second-order valence-electron chi connectivity index (χ2n) is 3.51. The van der Waals surface area contributed by atoms with Gasteiger partial charge in [0.25, 0.3) is 0 Å². The van der Waals surface area contributed by atoms with Crippen LogP contribution in [0.4, 0.5) is 0 Å². The Kier molecular flexibility index (Phi) is 2.11. The number of ether oxygens (including phenoxy) is 1. The molecular weight excluding hydrogens is 178 g/mol. The SMILES string of the molecule is COc1ccc2nnc(C(C)C)n2c1. The van der Waals surface area contributed by atoms with Crippen LogP contribution in [0.2, 0.25) is 0 Å². The fourth-order valence-electron chi connectivity index (χ4n) is 1.40. The average molecular weight is 191 g/mol. The molecule has 0 unspecified atom stereocenters. The minimum absolute atomic E-state index is 0.358. The molecule has 0 bridgehead atoms. The van der Waals surface area contributed by atoms with Gasteiger partial charge in [-0.2, -0.15) is 0 Å². The van der Waals surface area contributed by atoms with Crippen molar-refractivity contribution in [2.24, 2.45) is 0 Å². The van der Waals surface area contributed by atoms with Crippen LogP contribution in [-0.2, 0) is 0 Å². The summed E-state index contributed by atoms with van der Waals surface area (Å²) in [4.78, 5) is 0. The molecule has 14 heavy (non-hydrogen) atoms. The van der Waals surface area contributed by atoms with Gasteiger partial charge in [-0.25, -0.2) is 0 Å². The number of aromatic nitrogens is 3. The molecule has 0 N–H and O–H groups in total. The molecule has 0 saturated heterocycles. The number of hydrogen-bond acceptors (Lipinski definition) is 3. The van der Waals surface area contributed by atoms with Crippen molar-refractivity contribution >= 4 is 5.65 Å².